The molecular formula is C10H7ClN2O3. The molecule has 0 spiro atoms. The molecule has 0 unspecified atom stereocenters. The number of benzene rings is 1. The monoisotopic (exact) mass is 238 g/mol. The van der Waals surface area contributed by atoms with E-state index in [4.69, 9.17) is 16.3 Å². The SMILES string of the molecule is COc1cc(N=C=O)c(CCl)cc1N=C=O. The Labute approximate surface area is 96.4 Å². The molecule has 0 aromatic heterocycles. The topological polar surface area (TPSA) is 68.1 Å². The fourth-order valence-electron chi connectivity index (χ4n) is 1.16. The summed E-state index contributed by atoms with van der Waals surface area (Å²) >= 11 is 5.66. The van der Waals surface area contributed by atoms with Crippen molar-refractivity contribution < 1.29 is 14.3 Å². The lowest BCUT2D eigenvalue weighted by Crippen LogP contribution is -1.87. The molecule has 0 heterocycles. The lowest BCUT2D eigenvalue weighted by molar-refractivity contribution is 0.416. The number of nitrogens with zero attached hydrogens (tertiary/aromatic N) is 2. The second-order valence-electron chi connectivity index (χ2n) is 2.69. The Balaban J connectivity index is 3.44. The summed E-state index contributed by atoms with van der Waals surface area (Å²) in [5.74, 6) is 0.442. The van der Waals surface area contributed by atoms with Crippen LogP contribution in [-0.2, 0) is 15.5 Å². The number of ether oxygens (including phenoxy) is 1. The second kappa shape index (κ2) is 5.83. The van der Waals surface area contributed by atoms with Gasteiger partial charge in [-0.1, -0.05) is 0 Å². The predicted octanol–water partition coefficient (Wildman–Crippen LogP) is 2.37. The van der Waals surface area contributed by atoms with Gasteiger partial charge in [-0.05, 0) is 11.6 Å². The lowest BCUT2D eigenvalue weighted by Gasteiger charge is -2.07. The summed E-state index contributed by atoms with van der Waals surface area (Å²) < 4.78 is 4.98. The fourth-order valence-corrected chi connectivity index (χ4v) is 1.38. The third-order valence-corrected chi connectivity index (χ3v) is 2.14. The van der Waals surface area contributed by atoms with Crippen LogP contribution in [-0.4, -0.2) is 19.3 Å². The molecule has 0 aliphatic rings. The summed E-state index contributed by atoms with van der Waals surface area (Å²) in [4.78, 5) is 27.3. The second-order valence-corrected chi connectivity index (χ2v) is 2.96. The number of aliphatic imine (C=N–C) groups is 2. The maximum absolute atomic E-state index is 10.2. The van der Waals surface area contributed by atoms with Crippen LogP contribution in [0, 0.1) is 0 Å². The molecular weight excluding hydrogens is 232 g/mol. The highest BCUT2D eigenvalue weighted by Crippen LogP contribution is 2.35. The molecule has 6 heteroatoms. The van der Waals surface area contributed by atoms with Gasteiger partial charge >= 0.3 is 0 Å². The summed E-state index contributed by atoms with van der Waals surface area (Å²) in [6, 6.07) is 2.96. The number of hydrogen-bond donors (Lipinski definition) is 0. The van der Waals surface area contributed by atoms with Crippen LogP contribution in [0.4, 0.5) is 11.4 Å². The molecule has 0 aliphatic heterocycles. The number of methoxy groups -OCH3 is 1. The third kappa shape index (κ3) is 2.55. The highest BCUT2D eigenvalue weighted by molar-refractivity contribution is 6.17. The van der Waals surface area contributed by atoms with E-state index in [0.717, 1.165) is 0 Å². The summed E-state index contributed by atoms with van der Waals surface area (Å²) in [7, 11) is 1.41. The van der Waals surface area contributed by atoms with E-state index in [9.17, 15) is 9.59 Å². The van der Waals surface area contributed by atoms with Crippen molar-refractivity contribution in [3.63, 3.8) is 0 Å². The first-order valence-corrected chi connectivity index (χ1v) is 4.73. The van der Waals surface area contributed by atoms with E-state index in [2.05, 4.69) is 9.98 Å². The van der Waals surface area contributed by atoms with E-state index in [0.29, 0.717) is 17.0 Å². The number of isocyanates is 2. The molecule has 1 rings (SSSR count). The van der Waals surface area contributed by atoms with Crippen LogP contribution in [0.2, 0.25) is 0 Å². The molecule has 0 fully saturated rings. The van der Waals surface area contributed by atoms with Gasteiger partial charge in [0.05, 0.1) is 12.8 Å². The molecule has 0 saturated heterocycles. The van der Waals surface area contributed by atoms with Gasteiger partial charge in [-0.2, -0.15) is 9.98 Å². The highest BCUT2D eigenvalue weighted by Gasteiger charge is 2.09. The molecule has 0 N–H and O–H groups in total. The number of alkyl halides is 1. The molecule has 0 aliphatic carbocycles. The predicted molar refractivity (Wildman–Crippen MR) is 58.1 cm³/mol. The number of hydrogen-bond acceptors (Lipinski definition) is 5. The van der Waals surface area contributed by atoms with E-state index in [-0.39, 0.29) is 11.6 Å². The van der Waals surface area contributed by atoms with Gasteiger partial charge < -0.3 is 4.74 Å². The summed E-state index contributed by atoms with van der Waals surface area (Å²) in [6.45, 7) is 0. The zero-order valence-corrected chi connectivity index (χ0v) is 9.11. The van der Waals surface area contributed by atoms with Gasteiger partial charge in [0.25, 0.3) is 0 Å². The van der Waals surface area contributed by atoms with E-state index in [1.807, 2.05) is 0 Å². The first kappa shape index (κ1) is 12.1. The minimum atomic E-state index is 0.131. The van der Waals surface area contributed by atoms with Crippen molar-refractivity contribution in [2.45, 2.75) is 5.88 Å². The average molecular weight is 239 g/mol. The van der Waals surface area contributed by atoms with Gasteiger partial charge in [0.1, 0.15) is 11.4 Å². The van der Waals surface area contributed by atoms with Crippen LogP contribution in [0.25, 0.3) is 0 Å². The molecule has 0 amide bonds. The largest absolute Gasteiger partial charge is 0.494 e. The third-order valence-electron chi connectivity index (χ3n) is 1.86. The Bertz CT molecular complexity index is 443. The van der Waals surface area contributed by atoms with Crippen LogP contribution in [0.3, 0.4) is 0 Å². The Hall–Kier alpha value is -1.93. The Morgan fingerprint density at radius 2 is 1.88 bits per heavy atom. The zero-order valence-electron chi connectivity index (χ0n) is 8.36. The minimum Gasteiger partial charge on any atom is -0.494 e. The molecule has 0 bridgehead atoms. The number of halogens is 1. The first-order chi connectivity index (χ1) is 7.76. The van der Waals surface area contributed by atoms with Crippen molar-refractivity contribution in [1.29, 1.82) is 0 Å². The molecule has 0 radical (unpaired) electrons. The maximum atomic E-state index is 10.2. The van der Waals surface area contributed by atoms with Crippen LogP contribution in [0.15, 0.2) is 22.1 Å². The van der Waals surface area contributed by atoms with Gasteiger partial charge in [0.15, 0.2) is 0 Å². The Kier molecular flexibility index (Phi) is 4.42. The smallest absolute Gasteiger partial charge is 0.240 e. The average Bonchev–Trinajstić information content (AvgIpc) is 2.31. The van der Waals surface area contributed by atoms with Gasteiger partial charge in [-0.3, -0.25) is 0 Å². The normalized spacial score (nSPS) is 8.88. The van der Waals surface area contributed by atoms with Crippen molar-refractivity contribution in [2.75, 3.05) is 7.11 Å². The zero-order chi connectivity index (χ0) is 12.0. The first-order valence-electron chi connectivity index (χ1n) is 4.19. The van der Waals surface area contributed by atoms with Crippen LogP contribution in [0.5, 0.6) is 5.75 Å². The standard InChI is InChI=1S/C10H7ClN2O3/c1-16-10-3-8(12-5-14)7(4-11)2-9(10)13-6-15/h2-3H,4H2,1H3. The van der Waals surface area contributed by atoms with E-state index in [1.54, 1.807) is 0 Å². The van der Waals surface area contributed by atoms with Crippen molar-refractivity contribution in [3.8, 4) is 5.75 Å². The van der Waals surface area contributed by atoms with Crippen LogP contribution >= 0.6 is 11.6 Å². The highest BCUT2D eigenvalue weighted by atomic mass is 35.5. The summed E-state index contributed by atoms with van der Waals surface area (Å²) in [5, 5.41) is 0. The molecule has 1 aromatic rings. The quantitative estimate of drug-likeness (QED) is 0.459. The molecule has 0 saturated carbocycles. The minimum absolute atomic E-state index is 0.131. The lowest BCUT2D eigenvalue weighted by atomic mass is 10.1. The molecule has 0 atom stereocenters. The van der Waals surface area contributed by atoms with E-state index < -0.39 is 0 Å². The van der Waals surface area contributed by atoms with Crippen LogP contribution in [0.1, 0.15) is 5.56 Å². The number of carbonyl (C=O) groups excluding carboxylic acids is 2. The van der Waals surface area contributed by atoms with Crippen molar-refractivity contribution in [1.82, 2.24) is 0 Å². The van der Waals surface area contributed by atoms with E-state index >= 15 is 0 Å². The van der Waals surface area contributed by atoms with Crippen molar-refractivity contribution in [3.05, 3.63) is 17.7 Å². The Morgan fingerprint density at radius 1 is 1.25 bits per heavy atom. The van der Waals surface area contributed by atoms with E-state index in [1.165, 1.54) is 31.4 Å². The molecule has 82 valence electrons. The van der Waals surface area contributed by atoms with Gasteiger partial charge in [0, 0.05) is 11.9 Å². The molecule has 1 aromatic carbocycles. The fraction of sp³-hybridized carbons (Fsp3) is 0.200. The molecule has 16 heavy (non-hydrogen) atoms. The van der Waals surface area contributed by atoms with Gasteiger partial charge in [0.2, 0.25) is 12.2 Å². The Morgan fingerprint density at radius 3 is 2.38 bits per heavy atom. The summed E-state index contributed by atoms with van der Waals surface area (Å²) in [5.41, 5.74) is 1.18. The number of rotatable bonds is 4. The van der Waals surface area contributed by atoms with Crippen LogP contribution < -0.4 is 4.74 Å². The molecule has 5 nitrogen and oxygen atoms in total. The van der Waals surface area contributed by atoms with Crippen molar-refractivity contribution in [2.24, 2.45) is 9.98 Å². The van der Waals surface area contributed by atoms with Gasteiger partial charge in [-0.15, -0.1) is 11.6 Å². The summed E-state index contributed by atoms with van der Waals surface area (Å²) in [6.07, 6.45) is 2.82. The van der Waals surface area contributed by atoms with Gasteiger partial charge in [-0.25, -0.2) is 9.59 Å². The van der Waals surface area contributed by atoms with Crippen molar-refractivity contribution >= 4 is 35.1 Å². The maximum Gasteiger partial charge on any atom is 0.240 e.